The van der Waals surface area contributed by atoms with Gasteiger partial charge in [-0.1, -0.05) is 45.9 Å². The molecule has 1 heterocycles. The largest absolute Gasteiger partial charge is 0.492 e. The zero-order valence-electron chi connectivity index (χ0n) is 13.9. The van der Waals surface area contributed by atoms with Gasteiger partial charge in [-0.05, 0) is 19.2 Å². The van der Waals surface area contributed by atoms with Gasteiger partial charge in [0.2, 0.25) is 0 Å². The molecule has 0 saturated carbocycles. The van der Waals surface area contributed by atoms with Crippen LogP contribution < -0.4 is 4.74 Å². The molecule has 0 spiro atoms. The highest BCUT2D eigenvalue weighted by atomic mass is 16.5. The van der Waals surface area contributed by atoms with Gasteiger partial charge >= 0.3 is 0 Å². The van der Waals surface area contributed by atoms with E-state index in [0.717, 1.165) is 32.0 Å². The van der Waals surface area contributed by atoms with Gasteiger partial charge in [-0.25, -0.2) is 0 Å². The maximum atomic E-state index is 5.68. The van der Waals surface area contributed by atoms with E-state index in [2.05, 4.69) is 16.8 Å². The second kappa shape index (κ2) is 12.9. The molecule has 1 aromatic carbocycles. The number of nitrogens with zero attached hydrogens (tertiary/aromatic N) is 2. The minimum atomic E-state index is 0.785. The molecule has 116 valence electrons. The molecule has 1 saturated heterocycles. The summed E-state index contributed by atoms with van der Waals surface area (Å²) in [5, 5.41) is 0. The van der Waals surface area contributed by atoms with Crippen molar-refractivity contribution in [2.45, 2.75) is 27.7 Å². The predicted octanol–water partition coefficient (Wildman–Crippen LogP) is 3.37. The van der Waals surface area contributed by atoms with Gasteiger partial charge in [-0.2, -0.15) is 0 Å². The zero-order valence-corrected chi connectivity index (χ0v) is 13.9. The summed E-state index contributed by atoms with van der Waals surface area (Å²) in [6.07, 6.45) is 0. The van der Waals surface area contributed by atoms with Crippen molar-refractivity contribution in [3.05, 3.63) is 30.3 Å². The molecule has 1 aromatic rings. The first-order valence-corrected chi connectivity index (χ1v) is 7.93. The van der Waals surface area contributed by atoms with Crippen LogP contribution in [0.25, 0.3) is 0 Å². The fourth-order valence-electron chi connectivity index (χ4n) is 1.88. The number of likely N-dealkylation sites (N-methyl/N-ethyl adjacent to an activating group) is 1. The van der Waals surface area contributed by atoms with Crippen LogP contribution in [0.4, 0.5) is 0 Å². The van der Waals surface area contributed by atoms with Crippen LogP contribution in [0.2, 0.25) is 0 Å². The fraction of sp³-hybridized carbons (Fsp3) is 0.647. The maximum Gasteiger partial charge on any atom is 0.119 e. The first-order valence-electron chi connectivity index (χ1n) is 7.93. The van der Waals surface area contributed by atoms with E-state index in [-0.39, 0.29) is 0 Å². The summed E-state index contributed by atoms with van der Waals surface area (Å²) in [6.45, 7) is 14.5. The third kappa shape index (κ3) is 8.18. The summed E-state index contributed by atoms with van der Waals surface area (Å²) in [6, 6.07) is 10.0. The van der Waals surface area contributed by atoms with Gasteiger partial charge in [0, 0.05) is 32.7 Å². The average Bonchev–Trinajstić information content (AvgIpc) is 2.54. The lowest BCUT2D eigenvalue weighted by Gasteiger charge is -2.32. The van der Waals surface area contributed by atoms with E-state index in [1.165, 1.54) is 13.1 Å². The Morgan fingerprint density at radius 2 is 1.45 bits per heavy atom. The quantitative estimate of drug-likeness (QED) is 0.841. The van der Waals surface area contributed by atoms with Crippen LogP contribution in [0.3, 0.4) is 0 Å². The third-order valence-electron chi connectivity index (χ3n) is 3.02. The number of hydrogen-bond donors (Lipinski definition) is 0. The molecule has 0 radical (unpaired) electrons. The monoisotopic (exact) mass is 280 g/mol. The molecule has 0 amide bonds. The summed E-state index contributed by atoms with van der Waals surface area (Å²) in [4.78, 5) is 4.83. The second-order valence-corrected chi connectivity index (χ2v) is 4.31. The summed E-state index contributed by atoms with van der Waals surface area (Å²) in [5.41, 5.74) is 0. The van der Waals surface area contributed by atoms with Crippen LogP contribution in [0.1, 0.15) is 27.7 Å². The number of rotatable bonds is 4. The molecule has 2 rings (SSSR count). The molecule has 1 fully saturated rings. The van der Waals surface area contributed by atoms with Crippen LogP contribution in [-0.2, 0) is 0 Å². The molecular formula is C17H32N2O. The smallest absolute Gasteiger partial charge is 0.119 e. The molecule has 20 heavy (non-hydrogen) atoms. The van der Waals surface area contributed by atoms with Crippen molar-refractivity contribution in [1.29, 1.82) is 0 Å². The molecule has 0 bridgehead atoms. The Kier molecular flexibility index (Phi) is 12.3. The standard InChI is InChI=1S/C13H20N2O.2C2H6/c1-14-7-9-15(10-8-14)11-12-16-13-5-3-2-4-6-13;2*1-2/h2-6H,7-12H2,1H3;2*1-2H3. The van der Waals surface area contributed by atoms with Gasteiger partial charge in [0.05, 0.1) is 0 Å². The normalized spacial score (nSPS) is 15.4. The molecular weight excluding hydrogens is 248 g/mol. The van der Waals surface area contributed by atoms with Crippen molar-refractivity contribution in [3.63, 3.8) is 0 Å². The highest BCUT2D eigenvalue weighted by Gasteiger charge is 2.12. The minimum Gasteiger partial charge on any atom is -0.492 e. The van der Waals surface area contributed by atoms with Gasteiger partial charge in [0.15, 0.2) is 0 Å². The van der Waals surface area contributed by atoms with Crippen LogP contribution >= 0.6 is 0 Å². The minimum absolute atomic E-state index is 0.785. The SMILES string of the molecule is CC.CC.CN1CCN(CCOc2ccccc2)CC1. The number of hydrogen-bond acceptors (Lipinski definition) is 3. The molecule has 1 aliphatic heterocycles. The molecule has 0 aliphatic carbocycles. The van der Waals surface area contributed by atoms with Crippen molar-refractivity contribution < 1.29 is 4.74 Å². The van der Waals surface area contributed by atoms with Crippen LogP contribution in [0, 0.1) is 0 Å². The van der Waals surface area contributed by atoms with Gasteiger partial charge in [-0.3, -0.25) is 4.90 Å². The Labute approximate surface area is 125 Å². The Hall–Kier alpha value is -1.06. The van der Waals surface area contributed by atoms with E-state index in [4.69, 9.17) is 4.74 Å². The Balaban J connectivity index is 0.000000829. The predicted molar refractivity (Wildman–Crippen MR) is 88.6 cm³/mol. The van der Waals surface area contributed by atoms with E-state index in [1.807, 2.05) is 58.0 Å². The average molecular weight is 280 g/mol. The summed E-state index contributed by atoms with van der Waals surface area (Å²) >= 11 is 0. The van der Waals surface area contributed by atoms with E-state index >= 15 is 0 Å². The third-order valence-corrected chi connectivity index (χ3v) is 3.02. The van der Waals surface area contributed by atoms with Crippen LogP contribution in [-0.4, -0.2) is 56.2 Å². The number of para-hydroxylation sites is 1. The molecule has 3 heteroatoms. The van der Waals surface area contributed by atoms with Crippen molar-refractivity contribution in [1.82, 2.24) is 9.80 Å². The maximum absolute atomic E-state index is 5.68. The molecule has 1 aliphatic rings. The molecule has 0 unspecified atom stereocenters. The van der Waals surface area contributed by atoms with Crippen molar-refractivity contribution in [2.24, 2.45) is 0 Å². The number of piperazine rings is 1. The molecule has 0 atom stereocenters. The highest BCUT2D eigenvalue weighted by molar-refractivity contribution is 5.20. The van der Waals surface area contributed by atoms with Gasteiger partial charge < -0.3 is 9.64 Å². The van der Waals surface area contributed by atoms with Crippen LogP contribution in [0.5, 0.6) is 5.75 Å². The van der Waals surface area contributed by atoms with Crippen molar-refractivity contribution in [3.8, 4) is 5.75 Å². The van der Waals surface area contributed by atoms with Crippen molar-refractivity contribution in [2.75, 3.05) is 46.4 Å². The zero-order chi connectivity index (χ0) is 15.2. The van der Waals surface area contributed by atoms with E-state index < -0.39 is 0 Å². The molecule has 0 aromatic heterocycles. The van der Waals surface area contributed by atoms with Crippen LogP contribution in [0.15, 0.2) is 30.3 Å². The van der Waals surface area contributed by atoms with Gasteiger partial charge in [0.25, 0.3) is 0 Å². The summed E-state index contributed by atoms with van der Waals surface area (Å²) < 4.78 is 5.68. The fourth-order valence-corrected chi connectivity index (χ4v) is 1.88. The Morgan fingerprint density at radius 3 is 2.00 bits per heavy atom. The lowest BCUT2D eigenvalue weighted by atomic mass is 10.3. The van der Waals surface area contributed by atoms with E-state index in [9.17, 15) is 0 Å². The van der Waals surface area contributed by atoms with E-state index in [1.54, 1.807) is 0 Å². The lowest BCUT2D eigenvalue weighted by Crippen LogP contribution is -2.45. The Bertz CT molecular complexity index is 295. The summed E-state index contributed by atoms with van der Waals surface area (Å²) in [7, 11) is 2.18. The number of benzene rings is 1. The highest BCUT2D eigenvalue weighted by Crippen LogP contribution is 2.08. The second-order valence-electron chi connectivity index (χ2n) is 4.31. The summed E-state index contributed by atoms with van der Waals surface area (Å²) in [5.74, 6) is 0.969. The first-order chi connectivity index (χ1) is 9.84. The number of ether oxygens (including phenoxy) is 1. The lowest BCUT2D eigenvalue weighted by molar-refractivity contribution is 0.134. The molecule has 3 nitrogen and oxygen atoms in total. The first kappa shape index (κ1) is 18.9. The van der Waals surface area contributed by atoms with Crippen molar-refractivity contribution >= 4 is 0 Å². The topological polar surface area (TPSA) is 15.7 Å². The van der Waals surface area contributed by atoms with E-state index in [0.29, 0.717) is 0 Å². The Morgan fingerprint density at radius 1 is 0.900 bits per heavy atom. The van der Waals surface area contributed by atoms with Gasteiger partial charge in [-0.15, -0.1) is 0 Å². The molecule has 0 N–H and O–H groups in total. The van der Waals surface area contributed by atoms with Gasteiger partial charge in [0.1, 0.15) is 12.4 Å².